The highest BCUT2D eigenvalue weighted by Crippen LogP contribution is 2.27. The summed E-state index contributed by atoms with van der Waals surface area (Å²) in [5.74, 6) is -0.976. The molecule has 4 rings (SSSR count). The summed E-state index contributed by atoms with van der Waals surface area (Å²) in [6.07, 6.45) is 5.30. The van der Waals surface area contributed by atoms with Crippen LogP contribution in [0.1, 0.15) is 30.0 Å². The molecule has 0 aliphatic rings. The second-order valence-corrected chi connectivity index (χ2v) is 7.56. The first kappa shape index (κ1) is 20.5. The number of rotatable bonds is 7. The van der Waals surface area contributed by atoms with Crippen LogP contribution in [0.15, 0.2) is 97.6 Å². The molecule has 4 aromatic rings. The van der Waals surface area contributed by atoms with Crippen molar-refractivity contribution in [3.8, 4) is 11.1 Å². The summed E-state index contributed by atoms with van der Waals surface area (Å²) in [6, 6.07) is 24.0. The lowest BCUT2D eigenvalue weighted by atomic mass is 9.95. The smallest absolute Gasteiger partial charge is 0.227 e. The number of nitrogens with zero attached hydrogens (tertiary/aromatic N) is 2. The Labute approximate surface area is 181 Å². The lowest BCUT2D eigenvalue weighted by Gasteiger charge is -2.22. The van der Waals surface area contributed by atoms with Crippen LogP contribution < -0.4 is 5.32 Å². The van der Waals surface area contributed by atoms with Crippen LogP contribution in [0, 0.1) is 5.82 Å². The molecule has 1 aromatic heterocycles. The second kappa shape index (κ2) is 9.39. The van der Waals surface area contributed by atoms with Gasteiger partial charge < -0.3 is 9.88 Å². The molecule has 0 unspecified atom stereocenters. The van der Waals surface area contributed by atoms with Crippen molar-refractivity contribution < 1.29 is 9.18 Å². The predicted molar refractivity (Wildman–Crippen MR) is 120 cm³/mol. The van der Waals surface area contributed by atoms with Crippen LogP contribution >= 0.6 is 0 Å². The molecule has 2 atom stereocenters. The van der Waals surface area contributed by atoms with Crippen molar-refractivity contribution in [3.63, 3.8) is 0 Å². The Hall–Kier alpha value is -3.73. The summed E-state index contributed by atoms with van der Waals surface area (Å²) in [6.45, 7) is 2.36. The van der Waals surface area contributed by atoms with Crippen LogP contribution in [-0.2, 0) is 11.3 Å². The molecule has 0 radical (unpaired) electrons. The normalized spacial score (nSPS) is 12.8. The molecule has 0 aliphatic heterocycles. The molecule has 156 valence electrons. The molecule has 0 saturated heterocycles. The maximum absolute atomic E-state index is 14.8. The highest BCUT2D eigenvalue weighted by Gasteiger charge is 2.21. The van der Waals surface area contributed by atoms with E-state index in [1.165, 1.54) is 6.07 Å². The quantitative estimate of drug-likeness (QED) is 0.444. The Morgan fingerprint density at radius 2 is 1.71 bits per heavy atom. The number of imidazole rings is 1. The predicted octanol–water partition coefficient (Wildman–Crippen LogP) is 5.35. The molecule has 3 aromatic carbocycles. The number of benzene rings is 3. The lowest BCUT2D eigenvalue weighted by molar-refractivity contribution is -0.123. The average molecular weight is 413 g/mol. The minimum absolute atomic E-state index is 0.152. The number of carbonyl (C=O) groups is 1. The van der Waals surface area contributed by atoms with Gasteiger partial charge in [0.25, 0.3) is 0 Å². The highest BCUT2D eigenvalue weighted by molar-refractivity contribution is 5.84. The number of hydrogen-bond donors (Lipinski definition) is 1. The van der Waals surface area contributed by atoms with Gasteiger partial charge in [-0.1, -0.05) is 72.8 Å². The van der Waals surface area contributed by atoms with Gasteiger partial charge in [-0.2, -0.15) is 0 Å². The number of halogens is 1. The molecule has 1 heterocycles. The van der Waals surface area contributed by atoms with E-state index < -0.39 is 5.92 Å². The fourth-order valence-corrected chi connectivity index (χ4v) is 3.63. The first-order valence-corrected chi connectivity index (χ1v) is 10.3. The van der Waals surface area contributed by atoms with E-state index in [-0.39, 0.29) is 17.8 Å². The fraction of sp³-hybridized carbons (Fsp3) is 0.154. The van der Waals surface area contributed by atoms with Crippen molar-refractivity contribution in [2.45, 2.75) is 25.4 Å². The Balaban J connectivity index is 1.53. The van der Waals surface area contributed by atoms with Crippen LogP contribution in [0.5, 0.6) is 0 Å². The zero-order valence-electron chi connectivity index (χ0n) is 17.3. The molecule has 0 spiro atoms. The standard InChI is InChI=1S/C26H24FN3O/c1-19(22-12-13-23(24(27)16-22)20-8-4-2-5-9-20)26(31)29-25(17-30-15-14-28-18-30)21-10-6-3-7-11-21/h2-16,18-19,25H,17H2,1H3,(H,29,31)/t19-,25+/m0/s1. The van der Waals surface area contributed by atoms with Crippen LogP contribution in [0.2, 0.25) is 0 Å². The van der Waals surface area contributed by atoms with Crippen LogP contribution in [0.3, 0.4) is 0 Å². The van der Waals surface area contributed by atoms with Gasteiger partial charge in [0.15, 0.2) is 0 Å². The molecular weight excluding hydrogens is 389 g/mol. The van der Waals surface area contributed by atoms with E-state index in [1.807, 2.05) is 77.5 Å². The SMILES string of the molecule is C[C@H](C(=O)N[C@H](Cn1ccnc1)c1ccccc1)c1ccc(-c2ccccc2)c(F)c1. The third-order valence-electron chi connectivity index (χ3n) is 5.44. The highest BCUT2D eigenvalue weighted by atomic mass is 19.1. The first-order valence-electron chi connectivity index (χ1n) is 10.3. The molecule has 0 saturated carbocycles. The van der Waals surface area contributed by atoms with E-state index in [1.54, 1.807) is 25.5 Å². The summed E-state index contributed by atoms with van der Waals surface area (Å²) in [4.78, 5) is 17.1. The average Bonchev–Trinajstić information content (AvgIpc) is 3.32. The van der Waals surface area contributed by atoms with Crippen LogP contribution in [-0.4, -0.2) is 15.5 Å². The lowest BCUT2D eigenvalue weighted by Crippen LogP contribution is -2.34. The molecule has 1 amide bonds. The van der Waals surface area contributed by atoms with Crippen LogP contribution in [0.4, 0.5) is 4.39 Å². The molecule has 0 bridgehead atoms. The van der Waals surface area contributed by atoms with E-state index in [9.17, 15) is 9.18 Å². The number of hydrogen-bond acceptors (Lipinski definition) is 2. The monoisotopic (exact) mass is 413 g/mol. The van der Waals surface area contributed by atoms with Gasteiger partial charge >= 0.3 is 0 Å². The molecule has 1 N–H and O–H groups in total. The van der Waals surface area contributed by atoms with E-state index >= 15 is 0 Å². The second-order valence-electron chi connectivity index (χ2n) is 7.56. The molecular formula is C26H24FN3O. The van der Waals surface area contributed by atoms with Crippen molar-refractivity contribution in [1.82, 2.24) is 14.9 Å². The van der Waals surface area contributed by atoms with Gasteiger partial charge in [-0.3, -0.25) is 4.79 Å². The van der Waals surface area contributed by atoms with Gasteiger partial charge in [0.05, 0.1) is 18.3 Å². The molecule has 31 heavy (non-hydrogen) atoms. The van der Waals surface area contributed by atoms with Gasteiger partial charge in [0.2, 0.25) is 5.91 Å². The van der Waals surface area contributed by atoms with Crippen molar-refractivity contribution in [2.75, 3.05) is 0 Å². The largest absolute Gasteiger partial charge is 0.347 e. The number of carbonyl (C=O) groups excluding carboxylic acids is 1. The Bertz CT molecular complexity index is 1130. The molecule has 0 fully saturated rings. The van der Waals surface area contributed by atoms with Crippen molar-refractivity contribution in [3.05, 3.63) is 115 Å². The first-order chi connectivity index (χ1) is 15.1. The summed E-state index contributed by atoms with van der Waals surface area (Å²) >= 11 is 0. The summed E-state index contributed by atoms with van der Waals surface area (Å²) in [7, 11) is 0. The van der Waals surface area contributed by atoms with E-state index in [0.717, 1.165) is 11.1 Å². The molecule has 4 nitrogen and oxygen atoms in total. The minimum atomic E-state index is -0.492. The topological polar surface area (TPSA) is 46.9 Å². The van der Waals surface area contributed by atoms with E-state index in [4.69, 9.17) is 0 Å². The zero-order valence-corrected chi connectivity index (χ0v) is 17.3. The van der Waals surface area contributed by atoms with Gasteiger partial charge in [-0.05, 0) is 29.7 Å². The van der Waals surface area contributed by atoms with Gasteiger partial charge in [-0.25, -0.2) is 9.37 Å². The molecule has 5 heteroatoms. The maximum Gasteiger partial charge on any atom is 0.227 e. The Kier molecular flexibility index (Phi) is 6.22. The summed E-state index contributed by atoms with van der Waals surface area (Å²) in [5, 5.41) is 3.13. The van der Waals surface area contributed by atoms with Gasteiger partial charge in [-0.15, -0.1) is 0 Å². The third kappa shape index (κ3) is 4.89. The number of nitrogens with one attached hydrogen (secondary N) is 1. The summed E-state index contributed by atoms with van der Waals surface area (Å²) < 4.78 is 16.7. The van der Waals surface area contributed by atoms with Crippen LogP contribution in [0.25, 0.3) is 11.1 Å². The van der Waals surface area contributed by atoms with Crippen molar-refractivity contribution in [2.24, 2.45) is 0 Å². The van der Waals surface area contributed by atoms with Crippen molar-refractivity contribution >= 4 is 5.91 Å². The number of aromatic nitrogens is 2. The van der Waals surface area contributed by atoms with Gasteiger partial charge in [0, 0.05) is 24.5 Å². The fourth-order valence-electron chi connectivity index (χ4n) is 3.63. The van der Waals surface area contributed by atoms with Crippen molar-refractivity contribution in [1.29, 1.82) is 0 Å². The Morgan fingerprint density at radius 1 is 1.00 bits per heavy atom. The van der Waals surface area contributed by atoms with Gasteiger partial charge in [0.1, 0.15) is 5.82 Å². The molecule has 0 aliphatic carbocycles. The zero-order chi connectivity index (χ0) is 21.6. The maximum atomic E-state index is 14.8. The summed E-state index contributed by atoms with van der Waals surface area (Å²) in [5.41, 5.74) is 2.99. The Morgan fingerprint density at radius 3 is 2.35 bits per heavy atom. The number of amides is 1. The third-order valence-corrected chi connectivity index (χ3v) is 5.44. The van der Waals surface area contributed by atoms with E-state index in [2.05, 4.69) is 10.3 Å². The van der Waals surface area contributed by atoms with E-state index in [0.29, 0.717) is 17.7 Å². The minimum Gasteiger partial charge on any atom is -0.347 e.